The zero-order chi connectivity index (χ0) is 19.4. The van der Waals surface area contributed by atoms with Crippen molar-refractivity contribution in [2.45, 2.75) is 20.3 Å². The zero-order valence-corrected chi connectivity index (χ0v) is 15.9. The van der Waals surface area contributed by atoms with Crippen LogP contribution in [-0.2, 0) is 10.0 Å². The van der Waals surface area contributed by atoms with Gasteiger partial charge in [0.25, 0.3) is 5.91 Å². The third-order valence-electron chi connectivity index (χ3n) is 4.23. The third-order valence-corrected chi connectivity index (χ3v) is 6.08. The van der Waals surface area contributed by atoms with Crippen molar-refractivity contribution in [1.29, 1.82) is 0 Å². The number of hydrogen-bond acceptors (Lipinski definition) is 7. The third kappa shape index (κ3) is 4.34. The highest BCUT2D eigenvalue weighted by atomic mass is 32.2. The minimum atomic E-state index is -3.21. The fraction of sp³-hybridized carbons (Fsp3) is 0.353. The van der Waals surface area contributed by atoms with Crippen LogP contribution in [0.5, 0.6) is 0 Å². The second-order valence-electron chi connectivity index (χ2n) is 5.97. The van der Waals surface area contributed by atoms with Gasteiger partial charge in [0.05, 0.1) is 29.5 Å². The van der Waals surface area contributed by atoms with Crippen LogP contribution >= 0.6 is 0 Å². The van der Waals surface area contributed by atoms with Crippen LogP contribution < -0.4 is 5.32 Å². The molecule has 0 bridgehead atoms. The van der Waals surface area contributed by atoms with Crippen LogP contribution in [0, 0.1) is 6.92 Å². The molecule has 0 saturated heterocycles. The van der Waals surface area contributed by atoms with Gasteiger partial charge in [0.1, 0.15) is 5.69 Å². The molecule has 10 heteroatoms. The fourth-order valence-corrected chi connectivity index (χ4v) is 3.71. The van der Waals surface area contributed by atoms with Gasteiger partial charge >= 0.3 is 0 Å². The second-order valence-corrected chi connectivity index (χ2v) is 8.23. The van der Waals surface area contributed by atoms with Crippen LogP contribution in [-0.4, -0.2) is 57.4 Å². The van der Waals surface area contributed by atoms with Crippen molar-refractivity contribution in [2.75, 3.05) is 24.2 Å². The van der Waals surface area contributed by atoms with Crippen LogP contribution in [0.3, 0.4) is 0 Å². The van der Waals surface area contributed by atoms with E-state index in [0.29, 0.717) is 36.7 Å². The lowest BCUT2D eigenvalue weighted by Crippen LogP contribution is -2.35. The molecular formula is C17H20N6O3S. The first-order valence-electron chi connectivity index (χ1n) is 8.49. The number of aryl methyl sites for hydroxylation is 1. The van der Waals surface area contributed by atoms with Crippen LogP contribution in [0.2, 0.25) is 0 Å². The zero-order valence-electron chi connectivity index (χ0n) is 15.1. The van der Waals surface area contributed by atoms with Gasteiger partial charge in [-0.3, -0.25) is 14.8 Å². The number of nitrogens with zero attached hydrogens (tertiary/aromatic N) is 5. The number of sulfonamides is 1. The van der Waals surface area contributed by atoms with E-state index in [1.165, 1.54) is 22.9 Å². The van der Waals surface area contributed by atoms with Gasteiger partial charge in [-0.25, -0.2) is 18.4 Å². The standard InChI is InChI=1S/C17H20N6O3S/c1-3-27(25,26)23-8-4-13(5-9-23)14-10-20-12(2)16(21-14)17(24)22-15-11-18-6-7-19-15/h4,6-7,10-11H,3,5,8-9H2,1-2H3,(H,19,22,24). The monoisotopic (exact) mass is 388 g/mol. The molecule has 142 valence electrons. The summed E-state index contributed by atoms with van der Waals surface area (Å²) in [6.07, 6.45) is 8.37. The van der Waals surface area contributed by atoms with Crippen molar-refractivity contribution in [1.82, 2.24) is 24.2 Å². The maximum absolute atomic E-state index is 12.5. The predicted octanol–water partition coefficient (Wildman–Crippen LogP) is 1.27. The average molecular weight is 388 g/mol. The Kier molecular flexibility index (Phi) is 5.57. The van der Waals surface area contributed by atoms with Crippen molar-refractivity contribution >= 4 is 27.3 Å². The number of carbonyl (C=O) groups is 1. The molecular weight excluding hydrogens is 368 g/mol. The fourth-order valence-electron chi connectivity index (χ4n) is 2.68. The van der Waals surface area contributed by atoms with Crippen LogP contribution in [0.15, 0.2) is 30.9 Å². The predicted molar refractivity (Wildman–Crippen MR) is 100 cm³/mol. The average Bonchev–Trinajstić information content (AvgIpc) is 2.69. The topological polar surface area (TPSA) is 118 Å². The molecule has 0 atom stereocenters. The van der Waals surface area contributed by atoms with Crippen molar-refractivity contribution in [3.63, 3.8) is 0 Å². The first-order valence-corrected chi connectivity index (χ1v) is 10.1. The van der Waals surface area contributed by atoms with Crippen LogP contribution in [0.1, 0.15) is 35.2 Å². The first kappa shape index (κ1) is 19.1. The number of carbonyl (C=O) groups excluding carboxylic acids is 1. The molecule has 0 saturated carbocycles. The Morgan fingerprint density at radius 3 is 2.70 bits per heavy atom. The minimum absolute atomic E-state index is 0.0766. The van der Waals surface area contributed by atoms with E-state index >= 15 is 0 Å². The number of hydrogen-bond donors (Lipinski definition) is 1. The van der Waals surface area contributed by atoms with E-state index in [2.05, 4.69) is 25.3 Å². The van der Waals surface area contributed by atoms with Crippen molar-refractivity contribution in [3.05, 3.63) is 47.9 Å². The molecule has 0 fully saturated rings. The summed E-state index contributed by atoms with van der Waals surface area (Å²) < 4.78 is 25.4. The Bertz CT molecular complexity index is 975. The molecule has 0 spiro atoms. The highest BCUT2D eigenvalue weighted by Crippen LogP contribution is 2.23. The minimum Gasteiger partial charge on any atom is -0.304 e. The van der Waals surface area contributed by atoms with Crippen molar-refractivity contribution < 1.29 is 13.2 Å². The molecule has 0 aliphatic carbocycles. The van der Waals surface area contributed by atoms with Gasteiger partial charge in [0.2, 0.25) is 10.0 Å². The molecule has 2 aromatic rings. The number of nitrogens with one attached hydrogen (secondary N) is 1. The summed E-state index contributed by atoms with van der Waals surface area (Å²) in [6.45, 7) is 4.01. The Morgan fingerprint density at radius 2 is 2.07 bits per heavy atom. The summed E-state index contributed by atoms with van der Waals surface area (Å²) in [5, 5.41) is 2.64. The van der Waals surface area contributed by atoms with Crippen molar-refractivity contribution in [3.8, 4) is 0 Å². The van der Waals surface area contributed by atoms with E-state index in [9.17, 15) is 13.2 Å². The van der Waals surface area contributed by atoms with Gasteiger partial charge in [-0.2, -0.15) is 4.31 Å². The number of aromatic nitrogens is 4. The lowest BCUT2D eigenvalue weighted by atomic mass is 10.1. The summed E-state index contributed by atoms with van der Waals surface area (Å²) in [6, 6.07) is 0. The van der Waals surface area contributed by atoms with Gasteiger partial charge < -0.3 is 5.32 Å². The Morgan fingerprint density at radius 1 is 1.26 bits per heavy atom. The van der Waals surface area contributed by atoms with Crippen LogP contribution in [0.25, 0.3) is 5.57 Å². The highest BCUT2D eigenvalue weighted by molar-refractivity contribution is 7.89. The molecule has 3 heterocycles. The number of rotatable bonds is 5. The lowest BCUT2D eigenvalue weighted by Gasteiger charge is -2.25. The van der Waals surface area contributed by atoms with E-state index in [1.807, 2.05) is 6.08 Å². The molecule has 0 unspecified atom stereocenters. The van der Waals surface area contributed by atoms with Gasteiger partial charge in [-0.1, -0.05) is 6.08 Å². The molecule has 0 radical (unpaired) electrons. The Hall–Kier alpha value is -2.72. The summed E-state index contributed by atoms with van der Waals surface area (Å²) in [7, 11) is -3.21. The van der Waals surface area contributed by atoms with Gasteiger partial charge in [0.15, 0.2) is 5.82 Å². The Balaban J connectivity index is 1.81. The van der Waals surface area contributed by atoms with Gasteiger partial charge in [0, 0.05) is 25.5 Å². The maximum Gasteiger partial charge on any atom is 0.277 e. The molecule has 1 aliphatic heterocycles. The van der Waals surface area contributed by atoms with Gasteiger partial charge in [-0.15, -0.1) is 0 Å². The number of amides is 1. The summed E-state index contributed by atoms with van der Waals surface area (Å²) >= 11 is 0. The summed E-state index contributed by atoms with van der Waals surface area (Å²) in [4.78, 5) is 29.1. The van der Waals surface area contributed by atoms with E-state index in [0.717, 1.165) is 5.57 Å². The maximum atomic E-state index is 12.5. The molecule has 1 amide bonds. The van der Waals surface area contributed by atoms with E-state index < -0.39 is 15.9 Å². The normalized spacial score (nSPS) is 15.3. The summed E-state index contributed by atoms with van der Waals surface area (Å²) in [5.74, 6) is -0.0203. The molecule has 3 rings (SSSR count). The Labute approximate surface area is 157 Å². The number of anilines is 1. The highest BCUT2D eigenvalue weighted by Gasteiger charge is 2.24. The largest absolute Gasteiger partial charge is 0.304 e. The van der Waals surface area contributed by atoms with E-state index in [-0.39, 0.29) is 11.4 Å². The molecule has 9 nitrogen and oxygen atoms in total. The summed E-state index contributed by atoms with van der Waals surface area (Å²) in [5.41, 5.74) is 2.13. The first-order chi connectivity index (χ1) is 12.9. The van der Waals surface area contributed by atoms with Crippen molar-refractivity contribution in [2.24, 2.45) is 0 Å². The van der Waals surface area contributed by atoms with Gasteiger partial charge in [-0.05, 0) is 25.8 Å². The SMILES string of the molecule is CCS(=O)(=O)N1CC=C(c2cnc(C)c(C(=O)Nc3cnccn3)n2)CC1. The van der Waals surface area contributed by atoms with Crippen LogP contribution in [0.4, 0.5) is 5.82 Å². The van der Waals surface area contributed by atoms with E-state index in [1.54, 1.807) is 20.0 Å². The molecule has 0 aromatic carbocycles. The molecule has 2 aromatic heterocycles. The lowest BCUT2D eigenvalue weighted by molar-refractivity contribution is 0.102. The molecule has 27 heavy (non-hydrogen) atoms. The smallest absolute Gasteiger partial charge is 0.277 e. The molecule has 1 aliphatic rings. The molecule has 1 N–H and O–H groups in total. The second kappa shape index (κ2) is 7.89. The van der Waals surface area contributed by atoms with E-state index in [4.69, 9.17) is 0 Å². The quantitative estimate of drug-likeness (QED) is 0.819.